The van der Waals surface area contributed by atoms with E-state index in [0.717, 1.165) is 18.9 Å². The highest BCUT2D eigenvalue weighted by atomic mass is 14.9. The van der Waals surface area contributed by atoms with Crippen LogP contribution in [0.5, 0.6) is 0 Å². The van der Waals surface area contributed by atoms with Crippen molar-refractivity contribution < 1.29 is 0 Å². The van der Waals surface area contributed by atoms with Crippen LogP contribution in [0.4, 0.5) is 0 Å². The summed E-state index contributed by atoms with van der Waals surface area (Å²) in [5.74, 6) is 3.71. The van der Waals surface area contributed by atoms with E-state index in [4.69, 9.17) is 6.42 Å². The number of nitrogens with one attached hydrogen (secondary N) is 1. The molecule has 0 heterocycles. The van der Waals surface area contributed by atoms with Gasteiger partial charge in [-0.3, -0.25) is 0 Å². The Labute approximate surface area is 75.9 Å². The monoisotopic (exact) mass is 165 g/mol. The summed E-state index contributed by atoms with van der Waals surface area (Å²) in [6.07, 6.45) is 11.9. The third-order valence-corrected chi connectivity index (χ3v) is 2.66. The fourth-order valence-corrected chi connectivity index (χ4v) is 1.54. The second-order valence-corrected chi connectivity index (χ2v) is 3.71. The molecule has 1 saturated carbocycles. The average Bonchev–Trinajstić information content (AvgIpc) is 2.00. The summed E-state index contributed by atoms with van der Waals surface area (Å²) < 4.78 is 0. The van der Waals surface area contributed by atoms with Crippen molar-refractivity contribution >= 4 is 0 Å². The van der Waals surface area contributed by atoms with Gasteiger partial charge in [-0.25, -0.2) is 0 Å². The van der Waals surface area contributed by atoms with Crippen LogP contribution in [-0.4, -0.2) is 12.6 Å². The molecule has 68 valence electrons. The number of hydrogen-bond acceptors (Lipinski definition) is 1. The molecular formula is C11H19N. The molecule has 1 aliphatic rings. The number of hydrogen-bond donors (Lipinski definition) is 1. The third kappa shape index (κ3) is 2.87. The summed E-state index contributed by atoms with van der Waals surface area (Å²) in [6, 6.07) is 0.315. The van der Waals surface area contributed by atoms with Crippen LogP contribution < -0.4 is 5.32 Å². The lowest BCUT2D eigenvalue weighted by Gasteiger charge is -2.26. The minimum Gasteiger partial charge on any atom is -0.303 e. The molecule has 0 aromatic carbocycles. The predicted octanol–water partition coefficient (Wildman–Crippen LogP) is 2.18. The van der Waals surface area contributed by atoms with E-state index in [2.05, 4.69) is 18.2 Å². The predicted molar refractivity (Wildman–Crippen MR) is 52.9 cm³/mol. The van der Waals surface area contributed by atoms with Crippen molar-refractivity contribution in [2.45, 2.75) is 45.1 Å². The van der Waals surface area contributed by atoms with Crippen molar-refractivity contribution in [3.8, 4) is 12.3 Å². The van der Waals surface area contributed by atoms with Gasteiger partial charge in [-0.15, -0.1) is 6.42 Å². The molecule has 1 aliphatic carbocycles. The normalized spacial score (nSPS) is 19.7. The highest BCUT2D eigenvalue weighted by Gasteiger charge is 2.17. The second-order valence-electron chi connectivity index (χ2n) is 3.71. The van der Waals surface area contributed by atoms with Crippen molar-refractivity contribution in [3.63, 3.8) is 0 Å². The first-order chi connectivity index (χ1) is 5.86. The van der Waals surface area contributed by atoms with Gasteiger partial charge < -0.3 is 5.32 Å². The highest BCUT2D eigenvalue weighted by molar-refractivity contribution is 4.98. The lowest BCUT2D eigenvalue weighted by Crippen LogP contribution is -2.34. The largest absolute Gasteiger partial charge is 0.303 e. The zero-order chi connectivity index (χ0) is 8.81. The van der Waals surface area contributed by atoms with Crippen LogP contribution in [-0.2, 0) is 0 Å². The van der Waals surface area contributed by atoms with E-state index < -0.39 is 0 Å². The Hall–Kier alpha value is -0.480. The SMILES string of the molecule is C#CC(CCC)NCC1CCC1. The summed E-state index contributed by atoms with van der Waals surface area (Å²) in [5, 5.41) is 3.44. The first kappa shape index (κ1) is 9.61. The molecule has 12 heavy (non-hydrogen) atoms. The van der Waals surface area contributed by atoms with Gasteiger partial charge in [0.05, 0.1) is 6.04 Å². The zero-order valence-electron chi connectivity index (χ0n) is 7.97. The maximum Gasteiger partial charge on any atom is 0.0686 e. The quantitative estimate of drug-likeness (QED) is 0.616. The van der Waals surface area contributed by atoms with Gasteiger partial charge in [0.1, 0.15) is 0 Å². The molecule has 1 rings (SSSR count). The summed E-state index contributed by atoms with van der Waals surface area (Å²) >= 11 is 0. The molecule has 0 spiro atoms. The van der Waals surface area contributed by atoms with Gasteiger partial charge >= 0.3 is 0 Å². The van der Waals surface area contributed by atoms with E-state index in [1.807, 2.05) is 0 Å². The molecule has 0 aliphatic heterocycles. The molecule has 1 nitrogen and oxygen atoms in total. The first-order valence-corrected chi connectivity index (χ1v) is 5.06. The molecule has 0 amide bonds. The van der Waals surface area contributed by atoms with Crippen LogP contribution in [0.25, 0.3) is 0 Å². The Morgan fingerprint density at radius 1 is 1.58 bits per heavy atom. The van der Waals surface area contributed by atoms with Crippen LogP contribution in [0.2, 0.25) is 0 Å². The minimum absolute atomic E-state index is 0.315. The molecule has 0 saturated heterocycles. The van der Waals surface area contributed by atoms with E-state index in [1.54, 1.807) is 0 Å². The lowest BCUT2D eigenvalue weighted by molar-refractivity contribution is 0.294. The van der Waals surface area contributed by atoms with Gasteiger partial charge in [-0.2, -0.15) is 0 Å². The summed E-state index contributed by atoms with van der Waals surface area (Å²) in [4.78, 5) is 0. The molecule has 1 fully saturated rings. The highest BCUT2D eigenvalue weighted by Crippen LogP contribution is 2.25. The zero-order valence-corrected chi connectivity index (χ0v) is 7.97. The van der Waals surface area contributed by atoms with Gasteiger partial charge in [0.25, 0.3) is 0 Å². The summed E-state index contributed by atoms with van der Waals surface area (Å²) in [7, 11) is 0. The molecule has 0 aromatic heterocycles. The van der Waals surface area contributed by atoms with Gasteiger partial charge in [-0.1, -0.05) is 25.7 Å². The van der Waals surface area contributed by atoms with Gasteiger partial charge in [-0.05, 0) is 31.7 Å². The number of terminal acetylenes is 1. The lowest BCUT2D eigenvalue weighted by atomic mass is 9.85. The number of rotatable bonds is 5. The minimum atomic E-state index is 0.315. The van der Waals surface area contributed by atoms with E-state index >= 15 is 0 Å². The van der Waals surface area contributed by atoms with Crippen LogP contribution in [0.1, 0.15) is 39.0 Å². The molecule has 0 radical (unpaired) electrons. The van der Waals surface area contributed by atoms with Crippen molar-refractivity contribution in [1.82, 2.24) is 5.32 Å². The third-order valence-electron chi connectivity index (χ3n) is 2.66. The first-order valence-electron chi connectivity index (χ1n) is 5.06. The Morgan fingerprint density at radius 2 is 2.33 bits per heavy atom. The van der Waals surface area contributed by atoms with Gasteiger partial charge in [0.2, 0.25) is 0 Å². The van der Waals surface area contributed by atoms with E-state index in [-0.39, 0.29) is 0 Å². The second kappa shape index (κ2) is 5.22. The molecule has 0 aromatic rings. The molecule has 1 unspecified atom stereocenters. The molecule has 1 N–H and O–H groups in total. The maximum atomic E-state index is 5.39. The van der Waals surface area contributed by atoms with Crippen molar-refractivity contribution in [1.29, 1.82) is 0 Å². The smallest absolute Gasteiger partial charge is 0.0686 e. The Bertz CT molecular complexity index is 153. The molecular weight excluding hydrogens is 146 g/mol. The summed E-state index contributed by atoms with van der Waals surface area (Å²) in [5.41, 5.74) is 0. The molecule has 1 heteroatoms. The average molecular weight is 165 g/mol. The van der Waals surface area contributed by atoms with E-state index in [1.165, 1.54) is 25.7 Å². The Kier molecular flexibility index (Phi) is 4.18. The van der Waals surface area contributed by atoms with Crippen LogP contribution in [0.3, 0.4) is 0 Å². The molecule has 0 bridgehead atoms. The van der Waals surface area contributed by atoms with Crippen molar-refractivity contribution in [2.75, 3.05) is 6.54 Å². The van der Waals surface area contributed by atoms with Gasteiger partial charge in [0.15, 0.2) is 0 Å². The fraction of sp³-hybridized carbons (Fsp3) is 0.818. The maximum absolute atomic E-state index is 5.39. The summed E-state index contributed by atoms with van der Waals surface area (Å²) in [6.45, 7) is 3.31. The Balaban J connectivity index is 2.06. The van der Waals surface area contributed by atoms with E-state index in [0.29, 0.717) is 6.04 Å². The van der Waals surface area contributed by atoms with E-state index in [9.17, 15) is 0 Å². The van der Waals surface area contributed by atoms with Crippen LogP contribution in [0, 0.1) is 18.3 Å². The standard InChI is InChI=1S/C11H19N/c1-3-6-11(4-2)12-9-10-7-5-8-10/h2,10-12H,3,5-9H2,1H3. The van der Waals surface area contributed by atoms with Crippen molar-refractivity contribution in [2.24, 2.45) is 5.92 Å². The Morgan fingerprint density at radius 3 is 2.75 bits per heavy atom. The van der Waals surface area contributed by atoms with Crippen LogP contribution in [0.15, 0.2) is 0 Å². The van der Waals surface area contributed by atoms with Gasteiger partial charge in [0, 0.05) is 0 Å². The molecule has 1 atom stereocenters. The topological polar surface area (TPSA) is 12.0 Å². The van der Waals surface area contributed by atoms with Crippen molar-refractivity contribution in [3.05, 3.63) is 0 Å². The van der Waals surface area contributed by atoms with Crippen LogP contribution >= 0.6 is 0 Å². The fourth-order valence-electron chi connectivity index (χ4n) is 1.54.